The van der Waals surface area contributed by atoms with Crippen molar-refractivity contribution in [3.8, 4) is 0 Å². The number of fused-ring (bicyclic) bond motifs is 1. The molecule has 1 aromatic carbocycles. The van der Waals surface area contributed by atoms with Crippen molar-refractivity contribution in [2.24, 2.45) is 14.1 Å². The number of hydrogen-bond donors (Lipinski definition) is 0. The average molecular weight is 309 g/mol. The van der Waals surface area contributed by atoms with Crippen molar-refractivity contribution in [1.29, 1.82) is 0 Å². The average Bonchev–Trinajstić information content (AvgIpc) is 3.19. The van der Waals surface area contributed by atoms with Crippen LogP contribution in [0.1, 0.15) is 36.2 Å². The molecule has 0 bridgehead atoms. The zero-order valence-electron chi connectivity index (χ0n) is 14.0. The lowest BCUT2D eigenvalue weighted by molar-refractivity contribution is 0.229. The Kier molecular flexibility index (Phi) is 3.45. The van der Waals surface area contributed by atoms with Gasteiger partial charge in [0.05, 0.1) is 29.3 Å². The molecule has 3 aromatic rings. The Bertz CT molecular complexity index is 844. The highest BCUT2D eigenvalue weighted by atomic mass is 15.2. The standard InChI is InChI=1S/C18H23N5/c1-13-11-21(2)18(19-13)16-9-6-10-23(16)12-17-20-14-7-4-5-8-15(14)22(17)3/h4-5,7-8,11,16H,6,9-10,12H2,1-3H3/t16-/m0/s1. The lowest BCUT2D eigenvalue weighted by Crippen LogP contribution is -2.26. The second kappa shape index (κ2) is 5.49. The number of imidazole rings is 2. The van der Waals surface area contributed by atoms with Crippen molar-refractivity contribution >= 4 is 11.0 Å². The molecule has 5 heteroatoms. The van der Waals surface area contributed by atoms with Crippen molar-refractivity contribution in [2.75, 3.05) is 6.54 Å². The van der Waals surface area contributed by atoms with Gasteiger partial charge in [-0.05, 0) is 38.4 Å². The van der Waals surface area contributed by atoms with Gasteiger partial charge in [0.15, 0.2) is 0 Å². The fourth-order valence-corrected chi connectivity index (χ4v) is 3.77. The molecule has 4 rings (SSSR count). The molecule has 0 amide bonds. The Hall–Kier alpha value is -2.14. The second-order valence-electron chi connectivity index (χ2n) is 6.56. The molecule has 1 aliphatic rings. The summed E-state index contributed by atoms with van der Waals surface area (Å²) < 4.78 is 4.39. The third-order valence-corrected chi connectivity index (χ3v) is 4.92. The van der Waals surface area contributed by atoms with Gasteiger partial charge in [0.1, 0.15) is 11.6 Å². The molecule has 5 nitrogen and oxygen atoms in total. The van der Waals surface area contributed by atoms with Gasteiger partial charge in [0, 0.05) is 20.3 Å². The maximum absolute atomic E-state index is 4.83. The fourth-order valence-electron chi connectivity index (χ4n) is 3.77. The Morgan fingerprint density at radius 1 is 1.17 bits per heavy atom. The number of aromatic nitrogens is 4. The van der Waals surface area contributed by atoms with Crippen LogP contribution in [0.25, 0.3) is 11.0 Å². The number of benzene rings is 1. The van der Waals surface area contributed by atoms with E-state index in [9.17, 15) is 0 Å². The molecule has 1 atom stereocenters. The van der Waals surface area contributed by atoms with Crippen LogP contribution in [0.4, 0.5) is 0 Å². The summed E-state index contributed by atoms with van der Waals surface area (Å²) in [6.07, 6.45) is 4.51. The zero-order chi connectivity index (χ0) is 16.0. The molecule has 0 saturated carbocycles. The normalized spacial score (nSPS) is 19.0. The minimum atomic E-state index is 0.397. The van der Waals surface area contributed by atoms with Crippen molar-refractivity contribution in [3.05, 3.63) is 47.8 Å². The second-order valence-corrected chi connectivity index (χ2v) is 6.56. The molecule has 3 heterocycles. The minimum absolute atomic E-state index is 0.397. The third kappa shape index (κ3) is 2.45. The van der Waals surface area contributed by atoms with Crippen molar-refractivity contribution in [1.82, 2.24) is 24.0 Å². The first-order valence-electron chi connectivity index (χ1n) is 8.28. The first kappa shape index (κ1) is 14.5. The molecule has 0 N–H and O–H groups in total. The quantitative estimate of drug-likeness (QED) is 0.746. The van der Waals surface area contributed by atoms with E-state index < -0.39 is 0 Å². The topological polar surface area (TPSA) is 38.9 Å². The van der Waals surface area contributed by atoms with Gasteiger partial charge in [0.25, 0.3) is 0 Å². The van der Waals surface area contributed by atoms with E-state index in [0.717, 1.165) is 30.1 Å². The Labute approximate surface area is 136 Å². The fraction of sp³-hybridized carbons (Fsp3) is 0.444. The van der Waals surface area contributed by atoms with Gasteiger partial charge in [-0.25, -0.2) is 9.97 Å². The summed E-state index contributed by atoms with van der Waals surface area (Å²) in [7, 11) is 4.21. The summed E-state index contributed by atoms with van der Waals surface area (Å²) in [4.78, 5) is 12.1. The first-order chi connectivity index (χ1) is 11.1. The number of aryl methyl sites for hydroxylation is 3. The van der Waals surface area contributed by atoms with Crippen LogP contribution in [0.15, 0.2) is 30.5 Å². The van der Waals surface area contributed by atoms with E-state index in [1.54, 1.807) is 0 Å². The zero-order valence-corrected chi connectivity index (χ0v) is 14.0. The van der Waals surface area contributed by atoms with E-state index in [1.807, 2.05) is 0 Å². The van der Waals surface area contributed by atoms with Crippen LogP contribution >= 0.6 is 0 Å². The van der Waals surface area contributed by atoms with Gasteiger partial charge >= 0.3 is 0 Å². The third-order valence-electron chi connectivity index (χ3n) is 4.92. The highest BCUT2D eigenvalue weighted by molar-refractivity contribution is 5.75. The number of hydrogen-bond acceptors (Lipinski definition) is 3. The van der Waals surface area contributed by atoms with Crippen LogP contribution < -0.4 is 0 Å². The van der Waals surface area contributed by atoms with Crippen LogP contribution in [-0.4, -0.2) is 30.5 Å². The summed E-state index contributed by atoms with van der Waals surface area (Å²) in [5.41, 5.74) is 3.37. The van der Waals surface area contributed by atoms with E-state index in [4.69, 9.17) is 9.97 Å². The highest BCUT2D eigenvalue weighted by Gasteiger charge is 2.30. The van der Waals surface area contributed by atoms with E-state index in [0.29, 0.717) is 6.04 Å². The van der Waals surface area contributed by atoms with Crippen LogP contribution in [0.5, 0.6) is 0 Å². The highest BCUT2D eigenvalue weighted by Crippen LogP contribution is 2.32. The van der Waals surface area contributed by atoms with Crippen LogP contribution in [-0.2, 0) is 20.6 Å². The first-order valence-corrected chi connectivity index (χ1v) is 8.28. The summed E-state index contributed by atoms with van der Waals surface area (Å²) >= 11 is 0. The van der Waals surface area contributed by atoms with E-state index in [1.165, 1.54) is 24.2 Å². The molecule has 0 unspecified atom stereocenters. The summed E-state index contributed by atoms with van der Waals surface area (Å²) in [5.74, 6) is 2.31. The molecule has 0 radical (unpaired) electrons. The smallest absolute Gasteiger partial charge is 0.126 e. The predicted octanol–water partition coefficient (Wildman–Crippen LogP) is 2.95. The lowest BCUT2D eigenvalue weighted by atomic mass is 10.2. The van der Waals surface area contributed by atoms with Crippen molar-refractivity contribution in [2.45, 2.75) is 32.4 Å². The van der Waals surface area contributed by atoms with Crippen LogP contribution in [0.3, 0.4) is 0 Å². The van der Waals surface area contributed by atoms with Gasteiger partial charge in [-0.3, -0.25) is 4.90 Å². The summed E-state index contributed by atoms with van der Waals surface area (Å²) in [6.45, 7) is 4.05. The Morgan fingerprint density at radius 3 is 2.74 bits per heavy atom. The molecule has 1 aliphatic heterocycles. The molecule has 1 fully saturated rings. The number of para-hydroxylation sites is 2. The van der Waals surface area contributed by atoms with E-state index >= 15 is 0 Å². The molecule has 120 valence electrons. The maximum Gasteiger partial charge on any atom is 0.126 e. The van der Waals surface area contributed by atoms with E-state index in [-0.39, 0.29) is 0 Å². The SMILES string of the molecule is Cc1cn(C)c([C@@H]2CCCN2Cc2nc3ccccc3n2C)n1. The lowest BCUT2D eigenvalue weighted by Gasteiger charge is -2.23. The van der Waals surface area contributed by atoms with Gasteiger partial charge in [0.2, 0.25) is 0 Å². The van der Waals surface area contributed by atoms with Crippen LogP contribution in [0.2, 0.25) is 0 Å². The molecule has 1 saturated heterocycles. The van der Waals surface area contributed by atoms with Gasteiger partial charge in [-0.1, -0.05) is 12.1 Å². The molecule has 0 aliphatic carbocycles. The molecule has 0 spiro atoms. The number of nitrogens with zero attached hydrogens (tertiary/aromatic N) is 5. The molecule has 2 aromatic heterocycles. The number of likely N-dealkylation sites (tertiary alicyclic amines) is 1. The van der Waals surface area contributed by atoms with Gasteiger partial charge in [-0.2, -0.15) is 0 Å². The maximum atomic E-state index is 4.83. The van der Waals surface area contributed by atoms with E-state index in [2.05, 4.69) is 65.5 Å². The molecule has 23 heavy (non-hydrogen) atoms. The van der Waals surface area contributed by atoms with Gasteiger partial charge in [-0.15, -0.1) is 0 Å². The van der Waals surface area contributed by atoms with Gasteiger partial charge < -0.3 is 9.13 Å². The Morgan fingerprint density at radius 2 is 2.00 bits per heavy atom. The van der Waals surface area contributed by atoms with Crippen LogP contribution in [0, 0.1) is 6.92 Å². The summed E-state index contributed by atoms with van der Waals surface area (Å²) in [5, 5.41) is 0. The monoisotopic (exact) mass is 309 g/mol. The molecular weight excluding hydrogens is 286 g/mol. The Balaban J connectivity index is 1.64. The number of rotatable bonds is 3. The predicted molar refractivity (Wildman–Crippen MR) is 91.0 cm³/mol. The van der Waals surface area contributed by atoms with Crippen molar-refractivity contribution in [3.63, 3.8) is 0 Å². The largest absolute Gasteiger partial charge is 0.336 e. The summed E-state index contributed by atoms with van der Waals surface area (Å²) in [6, 6.07) is 8.74. The van der Waals surface area contributed by atoms with Crippen molar-refractivity contribution < 1.29 is 0 Å². The minimum Gasteiger partial charge on any atom is -0.336 e. The molecular formula is C18H23N5.